The molecule has 34 heavy (non-hydrogen) atoms. The molecular formula is C23H32N6O4S. The van der Waals surface area contributed by atoms with Crippen LogP contribution in [0, 0.1) is 13.8 Å². The van der Waals surface area contributed by atoms with Crippen molar-refractivity contribution >= 4 is 39.3 Å². The highest BCUT2D eigenvalue weighted by molar-refractivity contribution is 7.18. The second-order valence-electron chi connectivity index (χ2n) is 9.24. The molecule has 0 bridgehead atoms. The van der Waals surface area contributed by atoms with Crippen molar-refractivity contribution in [2.24, 2.45) is 5.73 Å². The number of fused-ring (bicyclic) bond motifs is 1. The van der Waals surface area contributed by atoms with Gasteiger partial charge < -0.3 is 16.0 Å². The lowest BCUT2D eigenvalue weighted by Crippen LogP contribution is -2.64. The highest BCUT2D eigenvalue weighted by Crippen LogP contribution is 2.31. The Kier molecular flexibility index (Phi) is 7.04. The molecule has 2 aliphatic heterocycles. The van der Waals surface area contributed by atoms with Gasteiger partial charge in [-0.25, -0.2) is 4.98 Å². The number of rotatable bonds is 6. The predicted octanol–water partition coefficient (Wildman–Crippen LogP) is 0.523. The number of aromatic nitrogens is 2. The maximum atomic E-state index is 12.8. The number of aryl methyl sites for hydroxylation is 2. The summed E-state index contributed by atoms with van der Waals surface area (Å²) in [7, 11) is 0. The summed E-state index contributed by atoms with van der Waals surface area (Å²) in [5, 5.41) is 3.15. The zero-order chi connectivity index (χ0) is 24.5. The first-order valence-corrected chi connectivity index (χ1v) is 12.6. The molecule has 3 N–H and O–H groups in total. The van der Waals surface area contributed by atoms with Gasteiger partial charge in [0.05, 0.1) is 18.3 Å². The van der Waals surface area contributed by atoms with Crippen molar-refractivity contribution in [3.05, 3.63) is 27.1 Å². The van der Waals surface area contributed by atoms with E-state index in [1.807, 2.05) is 13.8 Å². The van der Waals surface area contributed by atoms with Crippen molar-refractivity contribution in [3.63, 3.8) is 0 Å². The van der Waals surface area contributed by atoms with Crippen LogP contribution in [-0.2, 0) is 20.9 Å². The third-order valence-electron chi connectivity index (χ3n) is 7.27. The number of primary amides is 1. The summed E-state index contributed by atoms with van der Waals surface area (Å²) < 4.78 is 1.27. The number of nitrogens with two attached hydrogens (primary N) is 1. The summed E-state index contributed by atoms with van der Waals surface area (Å²) in [4.78, 5) is 60.1. The van der Waals surface area contributed by atoms with E-state index in [0.717, 1.165) is 42.8 Å². The molecule has 0 aromatic carbocycles. The maximum Gasteiger partial charge on any atom is 0.262 e. The summed E-state index contributed by atoms with van der Waals surface area (Å²) in [5.41, 5.74) is 5.74. The Morgan fingerprint density at radius 2 is 1.79 bits per heavy atom. The van der Waals surface area contributed by atoms with Crippen LogP contribution >= 0.6 is 11.3 Å². The van der Waals surface area contributed by atoms with Gasteiger partial charge in [-0.15, -0.1) is 11.3 Å². The third kappa shape index (κ3) is 4.58. The Hall–Kier alpha value is -2.79. The van der Waals surface area contributed by atoms with E-state index in [0.29, 0.717) is 36.1 Å². The lowest BCUT2D eigenvalue weighted by molar-refractivity contribution is -0.142. The smallest absolute Gasteiger partial charge is 0.262 e. The van der Waals surface area contributed by atoms with Crippen molar-refractivity contribution in [1.82, 2.24) is 24.7 Å². The second-order valence-corrected chi connectivity index (χ2v) is 10.4. The lowest BCUT2D eigenvalue weighted by Gasteiger charge is -2.48. The van der Waals surface area contributed by atoms with Gasteiger partial charge in [-0.2, -0.15) is 0 Å². The monoisotopic (exact) mass is 488 g/mol. The summed E-state index contributed by atoms with van der Waals surface area (Å²) in [6.07, 6.45) is 5.65. The van der Waals surface area contributed by atoms with Crippen LogP contribution < -0.4 is 16.6 Å². The van der Waals surface area contributed by atoms with Crippen LogP contribution in [0.25, 0.3) is 10.2 Å². The fourth-order valence-electron chi connectivity index (χ4n) is 5.05. The SMILES string of the molecule is Cc1sc2ncn(CC(=O)NCC(=O)N3CCC(C(N)=O)(N4CCCCC4)CC3)c(=O)c2c1C. The average Bonchev–Trinajstić information content (AvgIpc) is 3.13. The maximum absolute atomic E-state index is 12.8. The van der Waals surface area contributed by atoms with Gasteiger partial charge in [0.2, 0.25) is 17.7 Å². The highest BCUT2D eigenvalue weighted by Gasteiger charge is 2.45. The molecule has 2 saturated heterocycles. The van der Waals surface area contributed by atoms with Crippen molar-refractivity contribution in [2.75, 3.05) is 32.7 Å². The molecule has 0 aliphatic carbocycles. The summed E-state index contributed by atoms with van der Waals surface area (Å²) >= 11 is 1.45. The molecule has 11 heteroatoms. The number of nitrogens with one attached hydrogen (secondary N) is 1. The highest BCUT2D eigenvalue weighted by atomic mass is 32.1. The number of likely N-dealkylation sites (tertiary alicyclic amines) is 2. The Bertz CT molecular complexity index is 1160. The van der Waals surface area contributed by atoms with Gasteiger partial charge in [0.1, 0.15) is 16.9 Å². The third-order valence-corrected chi connectivity index (χ3v) is 8.39. The number of hydrogen-bond donors (Lipinski definition) is 2. The predicted molar refractivity (Wildman–Crippen MR) is 130 cm³/mol. The Morgan fingerprint density at radius 1 is 1.12 bits per heavy atom. The van der Waals surface area contributed by atoms with Crippen LogP contribution in [0.5, 0.6) is 0 Å². The van der Waals surface area contributed by atoms with Gasteiger partial charge in [0.15, 0.2) is 0 Å². The number of nitrogens with zero attached hydrogens (tertiary/aromatic N) is 4. The number of thiophene rings is 1. The van der Waals surface area contributed by atoms with Gasteiger partial charge >= 0.3 is 0 Å². The molecule has 2 aromatic rings. The normalized spacial score (nSPS) is 18.7. The molecule has 0 spiro atoms. The topological polar surface area (TPSA) is 131 Å². The van der Waals surface area contributed by atoms with E-state index in [9.17, 15) is 19.2 Å². The van der Waals surface area contributed by atoms with E-state index in [2.05, 4.69) is 15.2 Å². The minimum Gasteiger partial charge on any atom is -0.368 e. The van der Waals surface area contributed by atoms with Gasteiger partial charge in [0, 0.05) is 18.0 Å². The van der Waals surface area contributed by atoms with E-state index in [-0.39, 0.29) is 30.5 Å². The van der Waals surface area contributed by atoms with Crippen molar-refractivity contribution in [1.29, 1.82) is 0 Å². The Balaban J connectivity index is 1.32. The van der Waals surface area contributed by atoms with Gasteiger partial charge in [-0.3, -0.25) is 28.6 Å². The molecule has 2 fully saturated rings. The largest absolute Gasteiger partial charge is 0.368 e. The number of carbonyl (C=O) groups excluding carboxylic acids is 3. The summed E-state index contributed by atoms with van der Waals surface area (Å²) in [6.45, 7) is 6.00. The minimum atomic E-state index is -0.689. The Labute approximate surface area is 202 Å². The molecule has 4 rings (SSSR count). The number of hydrogen-bond acceptors (Lipinski definition) is 7. The van der Waals surface area contributed by atoms with E-state index < -0.39 is 11.4 Å². The van der Waals surface area contributed by atoms with Crippen molar-refractivity contribution in [3.8, 4) is 0 Å². The van der Waals surface area contributed by atoms with Crippen LogP contribution in [0.15, 0.2) is 11.1 Å². The van der Waals surface area contributed by atoms with Gasteiger partial charge in [-0.05, 0) is 58.2 Å². The van der Waals surface area contributed by atoms with E-state index >= 15 is 0 Å². The zero-order valence-electron chi connectivity index (χ0n) is 19.8. The van der Waals surface area contributed by atoms with Crippen LogP contribution in [-0.4, -0.2) is 75.3 Å². The fraction of sp³-hybridized carbons (Fsp3) is 0.609. The Morgan fingerprint density at radius 3 is 2.44 bits per heavy atom. The van der Waals surface area contributed by atoms with Crippen LogP contribution in [0.1, 0.15) is 42.5 Å². The van der Waals surface area contributed by atoms with E-state index in [1.165, 1.54) is 22.2 Å². The first-order chi connectivity index (χ1) is 16.2. The molecule has 0 atom stereocenters. The fourth-order valence-corrected chi connectivity index (χ4v) is 6.03. The van der Waals surface area contributed by atoms with Crippen molar-refractivity contribution in [2.45, 2.75) is 58.0 Å². The van der Waals surface area contributed by atoms with Crippen LogP contribution in [0.2, 0.25) is 0 Å². The molecule has 184 valence electrons. The number of amides is 3. The van der Waals surface area contributed by atoms with Crippen LogP contribution in [0.4, 0.5) is 0 Å². The van der Waals surface area contributed by atoms with Crippen LogP contribution in [0.3, 0.4) is 0 Å². The van der Waals surface area contributed by atoms with Crippen molar-refractivity contribution < 1.29 is 14.4 Å². The molecule has 2 aliphatic rings. The first kappa shape index (κ1) is 24.3. The standard InChI is InChI=1S/C23H32N6O4S/c1-15-16(2)34-20-19(15)21(32)28(14-26-20)13-17(30)25-12-18(31)27-10-6-23(7-11-27,22(24)33)29-8-4-3-5-9-29/h14H,3-13H2,1-2H3,(H2,24,33)(H,25,30). The molecule has 0 radical (unpaired) electrons. The van der Waals surface area contributed by atoms with Gasteiger partial charge in [-0.1, -0.05) is 6.42 Å². The molecule has 0 unspecified atom stereocenters. The average molecular weight is 489 g/mol. The second kappa shape index (κ2) is 9.83. The van der Waals surface area contributed by atoms with Gasteiger partial charge in [0.25, 0.3) is 5.56 Å². The molecule has 10 nitrogen and oxygen atoms in total. The number of carbonyl (C=O) groups is 3. The zero-order valence-corrected chi connectivity index (χ0v) is 20.6. The first-order valence-electron chi connectivity index (χ1n) is 11.8. The van der Waals surface area contributed by atoms with E-state index in [1.54, 1.807) is 4.90 Å². The quantitative estimate of drug-likeness (QED) is 0.610. The van der Waals surface area contributed by atoms with E-state index in [4.69, 9.17) is 5.73 Å². The minimum absolute atomic E-state index is 0.160. The molecular weight excluding hydrogens is 456 g/mol. The lowest BCUT2D eigenvalue weighted by atomic mass is 9.83. The number of piperidine rings is 2. The summed E-state index contributed by atoms with van der Waals surface area (Å²) in [6, 6.07) is 0. The molecule has 2 aromatic heterocycles. The molecule has 0 saturated carbocycles. The summed E-state index contributed by atoms with van der Waals surface area (Å²) in [5.74, 6) is -0.963. The molecule has 3 amide bonds. The molecule has 4 heterocycles.